The Morgan fingerprint density at radius 1 is 1.10 bits per heavy atom. The van der Waals surface area contributed by atoms with Gasteiger partial charge in [-0.15, -0.1) is 0 Å². The number of hydrogen-bond donors (Lipinski definition) is 1. The van der Waals surface area contributed by atoms with Gasteiger partial charge in [-0.25, -0.2) is 4.98 Å². The van der Waals surface area contributed by atoms with Gasteiger partial charge in [0.1, 0.15) is 12.4 Å². The van der Waals surface area contributed by atoms with Crippen LogP contribution in [0.2, 0.25) is 0 Å². The molecule has 0 spiro atoms. The molecule has 1 aromatic heterocycles. The van der Waals surface area contributed by atoms with E-state index in [-0.39, 0.29) is 12.4 Å². The van der Waals surface area contributed by atoms with Crippen LogP contribution in [-0.4, -0.2) is 37.6 Å². The van der Waals surface area contributed by atoms with Crippen LogP contribution in [0, 0.1) is 0 Å². The standard InChI is InChI=1S/C25H30N2O3/c1-3-21(30-25-6-4-5-15-28-25)17-29-22-11-7-18(8-12-22)23-13-9-19-16-20(26-2)10-14-24(19)27-23/h7-14,16,21,25-26H,3-6,15,17H2,1-2H3. The Labute approximate surface area is 178 Å². The molecule has 1 N–H and O–H groups in total. The van der Waals surface area contributed by atoms with Gasteiger partial charge in [0.25, 0.3) is 0 Å². The molecular formula is C25H30N2O3. The molecular weight excluding hydrogens is 376 g/mol. The lowest BCUT2D eigenvalue weighted by Crippen LogP contribution is -2.31. The molecule has 158 valence electrons. The summed E-state index contributed by atoms with van der Waals surface area (Å²) < 4.78 is 17.7. The van der Waals surface area contributed by atoms with E-state index in [4.69, 9.17) is 19.2 Å². The Morgan fingerprint density at radius 3 is 2.70 bits per heavy atom. The van der Waals surface area contributed by atoms with Crippen molar-refractivity contribution < 1.29 is 14.2 Å². The van der Waals surface area contributed by atoms with Gasteiger partial charge in [0.05, 0.1) is 17.3 Å². The second-order valence-corrected chi connectivity index (χ2v) is 7.65. The average molecular weight is 407 g/mol. The van der Waals surface area contributed by atoms with Crippen LogP contribution in [0.5, 0.6) is 5.75 Å². The normalized spacial score (nSPS) is 17.6. The number of nitrogens with one attached hydrogen (secondary N) is 1. The zero-order chi connectivity index (χ0) is 20.8. The van der Waals surface area contributed by atoms with Gasteiger partial charge in [-0.05, 0) is 74.2 Å². The van der Waals surface area contributed by atoms with Crippen LogP contribution in [-0.2, 0) is 9.47 Å². The molecule has 5 nitrogen and oxygen atoms in total. The first kappa shape index (κ1) is 20.6. The van der Waals surface area contributed by atoms with Crippen LogP contribution in [0.1, 0.15) is 32.6 Å². The van der Waals surface area contributed by atoms with Crippen LogP contribution in [0.15, 0.2) is 54.6 Å². The summed E-state index contributed by atoms with van der Waals surface area (Å²) in [4.78, 5) is 4.80. The number of ether oxygens (including phenoxy) is 3. The van der Waals surface area contributed by atoms with Gasteiger partial charge < -0.3 is 19.5 Å². The van der Waals surface area contributed by atoms with Crippen molar-refractivity contribution in [3.63, 3.8) is 0 Å². The molecule has 2 atom stereocenters. The van der Waals surface area contributed by atoms with E-state index >= 15 is 0 Å². The lowest BCUT2D eigenvalue weighted by atomic mass is 10.1. The molecule has 30 heavy (non-hydrogen) atoms. The van der Waals surface area contributed by atoms with Gasteiger partial charge in [-0.3, -0.25) is 0 Å². The summed E-state index contributed by atoms with van der Waals surface area (Å²) in [5.74, 6) is 0.838. The maximum Gasteiger partial charge on any atom is 0.158 e. The van der Waals surface area contributed by atoms with E-state index in [2.05, 4.69) is 42.6 Å². The molecule has 5 heteroatoms. The summed E-state index contributed by atoms with van der Waals surface area (Å²) >= 11 is 0. The third-order valence-electron chi connectivity index (χ3n) is 5.50. The Kier molecular flexibility index (Phi) is 6.82. The summed E-state index contributed by atoms with van der Waals surface area (Å²) in [6.07, 6.45) is 4.12. The van der Waals surface area contributed by atoms with Gasteiger partial charge in [0.15, 0.2) is 6.29 Å². The molecule has 0 aliphatic carbocycles. The van der Waals surface area contributed by atoms with E-state index < -0.39 is 0 Å². The van der Waals surface area contributed by atoms with Gasteiger partial charge >= 0.3 is 0 Å². The molecule has 2 unspecified atom stereocenters. The second-order valence-electron chi connectivity index (χ2n) is 7.65. The highest BCUT2D eigenvalue weighted by Crippen LogP contribution is 2.25. The lowest BCUT2D eigenvalue weighted by Gasteiger charge is -2.27. The molecule has 0 radical (unpaired) electrons. The molecule has 0 saturated carbocycles. The Bertz CT molecular complexity index is 952. The summed E-state index contributed by atoms with van der Waals surface area (Å²) in [6.45, 7) is 3.44. The molecule has 4 rings (SSSR count). The molecule has 1 aliphatic rings. The van der Waals surface area contributed by atoms with E-state index in [1.54, 1.807) is 0 Å². The highest BCUT2D eigenvalue weighted by Gasteiger charge is 2.19. The SMILES string of the molecule is CCC(COc1ccc(-c2ccc3cc(NC)ccc3n2)cc1)OC1CCCCO1. The third-order valence-corrected chi connectivity index (χ3v) is 5.50. The van der Waals surface area contributed by atoms with Crippen molar-refractivity contribution in [1.29, 1.82) is 0 Å². The number of fused-ring (bicyclic) bond motifs is 1. The highest BCUT2D eigenvalue weighted by atomic mass is 16.7. The van der Waals surface area contributed by atoms with Crippen LogP contribution < -0.4 is 10.1 Å². The first-order valence-corrected chi connectivity index (χ1v) is 10.8. The van der Waals surface area contributed by atoms with E-state index in [9.17, 15) is 0 Å². The number of benzene rings is 2. The number of nitrogens with zero attached hydrogens (tertiary/aromatic N) is 1. The molecule has 2 heterocycles. The van der Waals surface area contributed by atoms with Crippen molar-refractivity contribution in [2.24, 2.45) is 0 Å². The van der Waals surface area contributed by atoms with E-state index in [1.165, 1.54) is 6.42 Å². The van der Waals surface area contributed by atoms with Gasteiger partial charge in [-0.2, -0.15) is 0 Å². The average Bonchev–Trinajstić information content (AvgIpc) is 2.82. The molecule has 1 saturated heterocycles. The van der Waals surface area contributed by atoms with E-state index in [0.717, 1.165) is 59.5 Å². The van der Waals surface area contributed by atoms with Crippen molar-refractivity contribution >= 4 is 16.6 Å². The second kappa shape index (κ2) is 9.92. The van der Waals surface area contributed by atoms with Crippen LogP contribution in [0.25, 0.3) is 22.2 Å². The Hall–Kier alpha value is -2.63. The van der Waals surface area contributed by atoms with Crippen LogP contribution in [0.4, 0.5) is 5.69 Å². The molecule has 1 aliphatic heterocycles. The monoisotopic (exact) mass is 406 g/mol. The molecule has 0 bridgehead atoms. The highest BCUT2D eigenvalue weighted by molar-refractivity contribution is 5.84. The van der Waals surface area contributed by atoms with E-state index in [1.807, 2.05) is 31.3 Å². The maximum absolute atomic E-state index is 6.05. The first-order chi connectivity index (χ1) is 14.7. The fourth-order valence-corrected chi connectivity index (χ4v) is 3.64. The van der Waals surface area contributed by atoms with Crippen molar-refractivity contribution in [3.8, 4) is 17.0 Å². The van der Waals surface area contributed by atoms with E-state index in [0.29, 0.717) is 6.61 Å². The van der Waals surface area contributed by atoms with Gasteiger partial charge in [0, 0.05) is 30.3 Å². The number of anilines is 1. The predicted octanol–water partition coefficient (Wildman–Crippen LogP) is 5.64. The van der Waals surface area contributed by atoms with Crippen molar-refractivity contribution in [1.82, 2.24) is 4.98 Å². The molecule has 0 amide bonds. The van der Waals surface area contributed by atoms with Crippen molar-refractivity contribution in [3.05, 3.63) is 54.6 Å². The third kappa shape index (κ3) is 5.10. The first-order valence-electron chi connectivity index (χ1n) is 10.8. The van der Waals surface area contributed by atoms with Gasteiger partial charge in [0.2, 0.25) is 0 Å². The maximum atomic E-state index is 6.05. The minimum Gasteiger partial charge on any atom is -0.491 e. The summed E-state index contributed by atoms with van der Waals surface area (Å²) in [7, 11) is 1.92. The number of rotatable bonds is 8. The summed E-state index contributed by atoms with van der Waals surface area (Å²) in [6, 6.07) is 18.5. The number of hydrogen-bond acceptors (Lipinski definition) is 5. The zero-order valence-electron chi connectivity index (χ0n) is 17.8. The summed E-state index contributed by atoms with van der Waals surface area (Å²) in [5.41, 5.74) is 4.10. The minimum atomic E-state index is -0.0853. The fourth-order valence-electron chi connectivity index (χ4n) is 3.64. The smallest absolute Gasteiger partial charge is 0.158 e. The molecule has 2 aromatic carbocycles. The molecule has 3 aromatic rings. The topological polar surface area (TPSA) is 52.6 Å². The van der Waals surface area contributed by atoms with Crippen LogP contribution in [0.3, 0.4) is 0 Å². The number of aromatic nitrogens is 1. The zero-order valence-corrected chi connectivity index (χ0v) is 17.8. The predicted molar refractivity (Wildman–Crippen MR) is 121 cm³/mol. The van der Waals surface area contributed by atoms with Crippen LogP contribution >= 0.6 is 0 Å². The Balaban J connectivity index is 1.38. The van der Waals surface area contributed by atoms with Gasteiger partial charge in [-0.1, -0.05) is 13.0 Å². The van der Waals surface area contributed by atoms with Crippen molar-refractivity contribution in [2.75, 3.05) is 25.6 Å². The largest absolute Gasteiger partial charge is 0.491 e. The Morgan fingerprint density at radius 2 is 1.97 bits per heavy atom. The number of pyridine rings is 1. The minimum absolute atomic E-state index is 0.0393. The molecule has 1 fully saturated rings. The quantitative estimate of drug-likeness (QED) is 0.524. The van der Waals surface area contributed by atoms with Crippen molar-refractivity contribution in [2.45, 2.75) is 45.0 Å². The summed E-state index contributed by atoms with van der Waals surface area (Å²) in [5, 5.41) is 4.28. The fraction of sp³-hybridized carbons (Fsp3) is 0.400. The lowest BCUT2D eigenvalue weighted by molar-refractivity contribution is -0.193.